The Morgan fingerprint density at radius 2 is 2.30 bits per heavy atom. The van der Waals surface area contributed by atoms with Crippen molar-refractivity contribution in [1.29, 1.82) is 0 Å². The molecule has 10 heavy (non-hydrogen) atoms. The summed E-state index contributed by atoms with van der Waals surface area (Å²) in [5.74, 6) is 0.605. The fourth-order valence-corrected chi connectivity index (χ4v) is 2.35. The molecule has 0 spiro atoms. The fourth-order valence-electron chi connectivity index (χ4n) is 2.35. The molecule has 2 fully saturated rings. The van der Waals surface area contributed by atoms with Crippen molar-refractivity contribution in [2.75, 3.05) is 13.1 Å². The van der Waals surface area contributed by atoms with E-state index in [-0.39, 0.29) is 5.60 Å². The zero-order chi connectivity index (χ0) is 7.03. The van der Waals surface area contributed by atoms with E-state index in [9.17, 15) is 5.11 Å². The number of fused-ring (bicyclic) bond motifs is 1. The molecule has 2 atom stereocenters. The highest BCUT2D eigenvalue weighted by atomic mass is 16.3. The summed E-state index contributed by atoms with van der Waals surface area (Å²) in [6.07, 6.45) is 4.67. The van der Waals surface area contributed by atoms with E-state index >= 15 is 0 Å². The van der Waals surface area contributed by atoms with E-state index < -0.39 is 0 Å². The minimum atomic E-state index is -0.321. The van der Waals surface area contributed by atoms with Crippen LogP contribution in [0.4, 0.5) is 0 Å². The number of hydrogen-bond acceptors (Lipinski definition) is 2. The van der Waals surface area contributed by atoms with Gasteiger partial charge in [0.1, 0.15) is 0 Å². The lowest BCUT2D eigenvalue weighted by atomic mass is 9.85. The van der Waals surface area contributed by atoms with Crippen LogP contribution in [0.1, 0.15) is 25.7 Å². The van der Waals surface area contributed by atoms with Crippen LogP contribution in [-0.2, 0) is 0 Å². The van der Waals surface area contributed by atoms with E-state index in [0.29, 0.717) is 5.92 Å². The van der Waals surface area contributed by atoms with Gasteiger partial charge >= 0.3 is 0 Å². The first-order valence-electron chi connectivity index (χ1n) is 4.24. The molecule has 2 heteroatoms. The summed E-state index contributed by atoms with van der Waals surface area (Å²) < 4.78 is 0. The number of piperidine rings is 1. The van der Waals surface area contributed by atoms with E-state index in [2.05, 4.69) is 5.32 Å². The SMILES string of the molecule is OC12CCCC1CCNC2. The zero-order valence-corrected chi connectivity index (χ0v) is 6.27. The summed E-state index contributed by atoms with van der Waals surface area (Å²) in [5.41, 5.74) is -0.321. The van der Waals surface area contributed by atoms with Crippen LogP contribution < -0.4 is 5.32 Å². The minimum absolute atomic E-state index is 0.321. The van der Waals surface area contributed by atoms with Gasteiger partial charge in [0, 0.05) is 6.54 Å². The Bertz CT molecular complexity index is 137. The van der Waals surface area contributed by atoms with Gasteiger partial charge in [-0.1, -0.05) is 6.42 Å². The molecule has 58 valence electrons. The van der Waals surface area contributed by atoms with Gasteiger partial charge in [-0.15, -0.1) is 0 Å². The molecule has 2 rings (SSSR count). The van der Waals surface area contributed by atoms with Crippen LogP contribution >= 0.6 is 0 Å². The second kappa shape index (κ2) is 2.21. The number of β-amino-alcohol motifs (C(OH)–C–C–N with tert-alkyl or cyclic N) is 1. The standard InChI is InChI=1S/C8H15NO/c10-8-4-1-2-7(8)3-5-9-6-8/h7,9-10H,1-6H2. The second-order valence-electron chi connectivity index (χ2n) is 3.66. The predicted molar refractivity (Wildman–Crippen MR) is 39.8 cm³/mol. The Kier molecular flexibility index (Phi) is 1.46. The first-order chi connectivity index (χ1) is 4.81. The van der Waals surface area contributed by atoms with Crippen LogP contribution in [0.2, 0.25) is 0 Å². The van der Waals surface area contributed by atoms with Gasteiger partial charge in [0.05, 0.1) is 5.60 Å². The maximum absolute atomic E-state index is 9.95. The van der Waals surface area contributed by atoms with Gasteiger partial charge in [-0.2, -0.15) is 0 Å². The first-order valence-corrected chi connectivity index (χ1v) is 4.24. The molecule has 1 saturated carbocycles. The molecule has 0 aromatic carbocycles. The molecular weight excluding hydrogens is 126 g/mol. The summed E-state index contributed by atoms with van der Waals surface area (Å²) >= 11 is 0. The lowest BCUT2D eigenvalue weighted by molar-refractivity contribution is -0.0145. The van der Waals surface area contributed by atoms with Gasteiger partial charge in [0.15, 0.2) is 0 Å². The Morgan fingerprint density at radius 3 is 3.10 bits per heavy atom. The topological polar surface area (TPSA) is 32.3 Å². The molecule has 0 aromatic heterocycles. The summed E-state index contributed by atoms with van der Waals surface area (Å²) in [4.78, 5) is 0. The molecule has 2 nitrogen and oxygen atoms in total. The molecule has 1 saturated heterocycles. The van der Waals surface area contributed by atoms with Crippen molar-refractivity contribution in [3.8, 4) is 0 Å². The highest BCUT2D eigenvalue weighted by Crippen LogP contribution is 2.38. The van der Waals surface area contributed by atoms with Crippen molar-refractivity contribution in [2.45, 2.75) is 31.3 Å². The Hall–Kier alpha value is -0.0800. The minimum Gasteiger partial charge on any atom is -0.388 e. The van der Waals surface area contributed by atoms with Gasteiger partial charge in [0.2, 0.25) is 0 Å². The van der Waals surface area contributed by atoms with Crippen LogP contribution in [0.5, 0.6) is 0 Å². The molecule has 0 radical (unpaired) electrons. The highest BCUT2D eigenvalue weighted by molar-refractivity contribution is 4.96. The third-order valence-corrected chi connectivity index (χ3v) is 3.02. The normalized spacial score (nSPS) is 47.1. The summed E-state index contributed by atoms with van der Waals surface area (Å²) in [6.45, 7) is 1.94. The van der Waals surface area contributed by atoms with Crippen LogP contribution in [-0.4, -0.2) is 23.8 Å². The van der Waals surface area contributed by atoms with Crippen LogP contribution in [0.25, 0.3) is 0 Å². The smallest absolute Gasteiger partial charge is 0.0800 e. The Morgan fingerprint density at radius 1 is 1.40 bits per heavy atom. The maximum Gasteiger partial charge on any atom is 0.0800 e. The molecule has 2 aliphatic rings. The Labute approximate surface area is 61.6 Å². The summed E-state index contributed by atoms with van der Waals surface area (Å²) in [5, 5.41) is 13.2. The average molecular weight is 141 g/mol. The largest absolute Gasteiger partial charge is 0.388 e. The quantitative estimate of drug-likeness (QED) is 0.515. The maximum atomic E-state index is 9.95. The summed E-state index contributed by atoms with van der Waals surface area (Å²) in [6, 6.07) is 0. The highest BCUT2D eigenvalue weighted by Gasteiger charge is 2.42. The summed E-state index contributed by atoms with van der Waals surface area (Å²) in [7, 11) is 0. The van der Waals surface area contributed by atoms with Gasteiger partial charge in [-0.3, -0.25) is 0 Å². The third kappa shape index (κ3) is 0.867. The number of hydrogen-bond donors (Lipinski definition) is 2. The molecule has 2 unspecified atom stereocenters. The zero-order valence-electron chi connectivity index (χ0n) is 6.27. The lowest BCUT2D eigenvalue weighted by Crippen LogP contribution is -2.49. The monoisotopic (exact) mass is 141 g/mol. The van der Waals surface area contributed by atoms with E-state index in [4.69, 9.17) is 0 Å². The van der Waals surface area contributed by atoms with Crippen molar-refractivity contribution in [2.24, 2.45) is 5.92 Å². The fraction of sp³-hybridized carbons (Fsp3) is 1.00. The molecule has 0 aromatic rings. The van der Waals surface area contributed by atoms with Gasteiger partial charge in [0.25, 0.3) is 0 Å². The molecule has 0 amide bonds. The van der Waals surface area contributed by atoms with Crippen molar-refractivity contribution in [1.82, 2.24) is 5.32 Å². The van der Waals surface area contributed by atoms with Crippen molar-refractivity contribution < 1.29 is 5.11 Å². The number of aliphatic hydroxyl groups is 1. The van der Waals surface area contributed by atoms with Crippen LogP contribution in [0.15, 0.2) is 0 Å². The predicted octanol–water partition coefficient (Wildman–Crippen LogP) is 0.511. The molecule has 1 aliphatic carbocycles. The van der Waals surface area contributed by atoms with E-state index in [1.807, 2.05) is 0 Å². The average Bonchev–Trinajstić information content (AvgIpc) is 2.29. The molecule has 1 heterocycles. The van der Waals surface area contributed by atoms with Crippen LogP contribution in [0, 0.1) is 5.92 Å². The molecular formula is C8H15NO. The first kappa shape index (κ1) is 6.62. The van der Waals surface area contributed by atoms with Gasteiger partial charge in [-0.25, -0.2) is 0 Å². The van der Waals surface area contributed by atoms with E-state index in [1.54, 1.807) is 0 Å². The van der Waals surface area contributed by atoms with E-state index in [1.165, 1.54) is 19.3 Å². The van der Waals surface area contributed by atoms with Gasteiger partial charge in [-0.05, 0) is 31.7 Å². The van der Waals surface area contributed by atoms with Crippen molar-refractivity contribution in [3.05, 3.63) is 0 Å². The number of nitrogens with one attached hydrogen (secondary N) is 1. The molecule has 2 N–H and O–H groups in total. The van der Waals surface area contributed by atoms with Crippen LogP contribution in [0.3, 0.4) is 0 Å². The molecule has 0 bridgehead atoms. The van der Waals surface area contributed by atoms with Crippen molar-refractivity contribution in [3.63, 3.8) is 0 Å². The Balaban J connectivity index is 2.10. The molecule has 1 aliphatic heterocycles. The van der Waals surface area contributed by atoms with Gasteiger partial charge < -0.3 is 10.4 Å². The third-order valence-electron chi connectivity index (χ3n) is 3.02. The number of rotatable bonds is 0. The second-order valence-corrected chi connectivity index (χ2v) is 3.66. The van der Waals surface area contributed by atoms with Crippen molar-refractivity contribution >= 4 is 0 Å². The van der Waals surface area contributed by atoms with E-state index in [0.717, 1.165) is 19.5 Å². The lowest BCUT2D eigenvalue weighted by Gasteiger charge is -2.34.